The van der Waals surface area contributed by atoms with Crippen molar-refractivity contribution < 1.29 is 23.8 Å². The van der Waals surface area contributed by atoms with Gasteiger partial charge in [-0.25, -0.2) is 9.59 Å². The Balaban J connectivity index is 2.03. The molecule has 0 bridgehead atoms. The van der Waals surface area contributed by atoms with Crippen LogP contribution in [0.1, 0.15) is 59.4 Å². The number of fused-ring (bicyclic) bond motifs is 1. The second-order valence-electron chi connectivity index (χ2n) is 8.94. The number of para-hydroxylation sites is 1. The van der Waals surface area contributed by atoms with Crippen molar-refractivity contribution in [3.8, 4) is 0 Å². The van der Waals surface area contributed by atoms with Crippen molar-refractivity contribution in [2.24, 2.45) is 0 Å². The van der Waals surface area contributed by atoms with E-state index in [2.05, 4.69) is 6.58 Å². The molecule has 1 aromatic carbocycles. The summed E-state index contributed by atoms with van der Waals surface area (Å²) < 4.78 is 18.3. The standard InChI is InChI=1S/C24H29NO5/c1-8-16(13-20-15(2)21(26)29-24(6,7)28-20)18-14-25(22(27)30-23(3,4)5)19-12-10-9-11-17(18)19/h8-12,14,16H,1,13H2,2-7H3/t16-/m1/s1. The molecule has 30 heavy (non-hydrogen) atoms. The van der Waals surface area contributed by atoms with Gasteiger partial charge >= 0.3 is 12.1 Å². The molecule has 160 valence electrons. The van der Waals surface area contributed by atoms with Crippen LogP contribution in [0.15, 0.2) is 54.4 Å². The zero-order chi connectivity index (χ0) is 22.3. The molecule has 0 saturated carbocycles. The number of hydrogen-bond acceptors (Lipinski definition) is 5. The van der Waals surface area contributed by atoms with Crippen LogP contribution in [0.2, 0.25) is 0 Å². The average molecular weight is 411 g/mol. The molecule has 0 spiro atoms. The minimum atomic E-state index is -1.03. The summed E-state index contributed by atoms with van der Waals surface area (Å²) in [4.78, 5) is 25.0. The number of nitrogens with zero attached hydrogens (tertiary/aromatic N) is 1. The third-order valence-corrected chi connectivity index (χ3v) is 4.85. The first kappa shape index (κ1) is 21.7. The smallest absolute Gasteiger partial charge is 0.419 e. The normalized spacial score (nSPS) is 17.3. The zero-order valence-corrected chi connectivity index (χ0v) is 18.4. The molecule has 6 nitrogen and oxygen atoms in total. The van der Waals surface area contributed by atoms with Crippen LogP contribution in [0.25, 0.3) is 10.9 Å². The molecule has 2 heterocycles. The van der Waals surface area contributed by atoms with Crippen molar-refractivity contribution in [2.75, 3.05) is 0 Å². The number of esters is 1. The molecule has 1 aliphatic heterocycles. The summed E-state index contributed by atoms with van der Waals surface area (Å²) in [5.41, 5.74) is 1.50. The number of benzene rings is 1. The molecule has 0 aliphatic carbocycles. The van der Waals surface area contributed by atoms with E-state index in [1.165, 1.54) is 4.57 Å². The van der Waals surface area contributed by atoms with Crippen molar-refractivity contribution in [1.29, 1.82) is 0 Å². The number of allylic oxidation sites excluding steroid dienone is 2. The topological polar surface area (TPSA) is 66.8 Å². The molecule has 3 rings (SSSR count). The summed E-state index contributed by atoms with van der Waals surface area (Å²) >= 11 is 0. The Bertz CT molecular complexity index is 1040. The van der Waals surface area contributed by atoms with E-state index >= 15 is 0 Å². The van der Waals surface area contributed by atoms with E-state index in [9.17, 15) is 9.59 Å². The van der Waals surface area contributed by atoms with E-state index in [1.807, 2.05) is 45.0 Å². The number of cyclic esters (lactones) is 1. The first-order valence-electron chi connectivity index (χ1n) is 10.00. The Hall–Kier alpha value is -3.02. The minimum Gasteiger partial charge on any atom is -0.457 e. The predicted molar refractivity (Wildman–Crippen MR) is 115 cm³/mol. The quantitative estimate of drug-likeness (QED) is 0.479. The van der Waals surface area contributed by atoms with Crippen molar-refractivity contribution >= 4 is 23.0 Å². The highest BCUT2D eigenvalue weighted by Crippen LogP contribution is 2.37. The third-order valence-electron chi connectivity index (χ3n) is 4.85. The second-order valence-corrected chi connectivity index (χ2v) is 8.94. The number of carbonyl (C=O) groups excluding carboxylic acids is 2. The average Bonchev–Trinajstić information content (AvgIpc) is 3.01. The fourth-order valence-electron chi connectivity index (χ4n) is 3.49. The highest BCUT2D eigenvalue weighted by molar-refractivity contribution is 5.93. The number of rotatable bonds is 4. The Morgan fingerprint density at radius 3 is 2.57 bits per heavy atom. The van der Waals surface area contributed by atoms with Gasteiger partial charge in [0.25, 0.3) is 0 Å². The van der Waals surface area contributed by atoms with Crippen LogP contribution in [-0.2, 0) is 19.0 Å². The molecule has 1 aliphatic rings. The van der Waals surface area contributed by atoms with Gasteiger partial charge in [0.05, 0.1) is 11.1 Å². The Morgan fingerprint density at radius 2 is 1.93 bits per heavy atom. The first-order chi connectivity index (χ1) is 13.9. The van der Waals surface area contributed by atoms with Crippen LogP contribution in [0, 0.1) is 0 Å². The van der Waals surface area contributed by atoms with Gasteiger partial charge in [0, 0.05) is 37.8 Å². The Morgan fingerprint density at radius 1 is 1.27 bits per heavy atom. The number of ether oxygens (including phenoxy) is 3. The summed E-state index contributed by atoms with van der Waals surface area (Å²) in [5, 5.41) is 0.921. The maximum atomic E-state index is 12.8. The third kappa shape index (κ3) is 4.42. The van der Waals surface area contributed by atoms with Gasteiger partial charge in [-0.2, -0.15) is 0 Å². The monoisotopic (exact) mass is 411 g/mol. The van der Waals surface area contributed by atoms with Crippen LogP contribution in [0.5, 0.6) is 0 Å². The molecule has 2 aromatic rings. The molecule has 0 fully saturated rings. The lowest BCUT2D eigenvalue weighted by molar-refractivity contribution is -0.208. The van der Waals surface area contributed by atoms with Gasteiger partial charge in [-0.3, -0.25) is 4.57 Å². The summed E-state index contributed by atoms with van der Waals surface area (Å²) in [5.74, 6) is -1.02. The summed E-state index contributed by atoms with van der Waals surface area (Å²) in [6, 6.07) is 7.65. The van der Waals surface area contributed by atoms with Gasteiger partial charge < -0.3 is 14.2 Å². The molecule has 0 unspecified atom stereocenters. The fourth-order valence-corrected chi connectivity index (χ4v) is 3.49. The van der Waals surface area contributed by atoms with Gasteiger partial charge in [-0.1, -0.05) is 24.3 Å². The Kier molecular flexibility index (Phi) is 5.54. The lowest BCUT2D eigenvalue weighted by Crippen LogP contribution is -2.36. The van der Waals surface area contributed by atoms with E-state index in [0.29, 0.717) is 17.8 Å². The molecular weight excluding hydrogens is 382 g/mol. The first-order valence-corrected chi connectivity index (χ1v) is 10.00. The summed E-state index contributed by atoms with van der Waals surface area (Å²) in [7, 11) is 0. The van der Waals surface area contributed by atoms with Gasteiger partial charge in [-0.15, -0.1) is 6.58 Å². The van der Waals surface area contributed by atoms with Crippen molar-refractivity contribution in [1.82, 2.24) is 4.57 Å². The van der Waals surface area contributed by atoms with Crippen molar-refractivity contribution in [3.05, 3.63) is 60.0 Å². The molecule has 0 amide bonds. The van der Waals surface area contributed by atoms with E-state index in [0.717, 1.165) is 16.5 Å². The van der Waals surface area contributed by atoms with Crippen molar-refractivity contribution in [3.63, 3.8) is 0 Å². The van der Waals surface area contributed by atoms with Crippen LogP contribution >= 0.6 is 0 Å². The fraction of sp³-hybridized carbons (Fsp3) is 0.417. The number of aromatic nitrogens is 1. The molecule has 0 radical (unpaired) electrons. The predicted octanol–water partition coefficient (Wildman–Crippen LogP) is 5.67. The minimum absolute atomic E-state index is 0.176. The molecule has 1 atom stereocenters. The van der Waals surface area contributed by atoms with Crippen LogP contribution in [0.4, 0.5) is 4.79 Å². The van der Waals surface area contributed by atoms with Gasteiger partial charge in [0.15, 0.2) is 0 Å². The van der Waals surface area contributed by atoms with E-state index in [1.54, 1.807) is 33.0 Å². The molecular formula is C24H29NO5. The van der Waals surface area contributed by atoms with E-state index in [-0.39, 0.29) is 11.9 Å². The van der Waals surface area contributed by atoms with Crippen LogP contribution < -0.4 is 0 Å². The summed E-state index contributed by atoms with van der Waals surface area (Å²) in [6.07, 6.45) is 3.57. The molecule has 0 saturated heterocycles. The molecule has 1 aromatic heterocycles. The van der Waals surface area contributed by atoms with Crippen LogP contribution in [0.3, 0.4) is 0 Å². The maximum Gasteiger partial charge on any atom is 0.419 e. The maximum absolute atomic E-state index is 12.8. The van der Waals surface area contributed by atoms with Gasteiger partial charge in [-0.05, 0) is 39.3 Å². The lowest BCUT2D eigenvalue weighted by atomic mass is 9.93. The second kappa shape index (κ2) is 7.67. The largest absolute Gasteiger partial charge is 0.457 e. The molecule has 0 N–H and O–H groups in total. The number of carbonyl (C=O) groups is 2. The van der Waals surface area contributed by atoms with Gasteiger partial charge in [0.2, 0.25) is 5.79 Å². The zero-order valence-electron chi connectivity index (χ0n) is 18.4. The highest BCUT2D eigenvalue weighted by atomic mass is 16.7. The number of hydrogen-bond donors (Lipinski definition) is 0. The van der Waals surface area contributed by atoms with Gasteiger partial charge in [0.1, 0.15) is 11.4 Å². The summed E-state index contributed by atoms with van der Waals surface area (Å²) in [6.45, 7) is 14.6. The van der Waals surface area contributed by atoms with E-state index < -0.39 is 17.5 Å². The van der Waals surface area contributed by atoms with Crippen molar-refractivity contribution in [2.45, 2.75) is 65.3 Å². The SMILES string of the molecule is C=C[C@H](CC1=C(C)C(=O)OC(C)(C)O1)c1cn(C(=O)OC(C)(C)C)c2ccccc12. The van der Waals surface area contributed by atoms with Crippen LogP contribution in [-0.4, -0.2) is 28.0 Å². The Labute approximate surface area is 177 Å². The lowest BCUT2D eigenvalue weighted by Gasteiger charge is -2.33. The van der Waals surface area contributed by atoms with E-state index in [4.69, 9.17) is 14.2 Å². The molecule has 6 heteroatoms. The highest BCUT2D eigenvalue weighted by Gasteiger charge is 2.35.